The van der Waals surface area contributed by atoms with Crippen molar-refractivity contribution in [2.24, 2.45) is 5.92 Å². The Morgan fingerprint density at radius 3 is 2.07 bits per heavy atom. The van der Waals surface area contributed by atoms with Gasteiger partial charge in [-0.1, -0.05) is 52.0 Å². The molecule has 2 rings (SSSR count). The average molecular weight is 384 g/mol. The highest BCUT2D eigenvalue weighted by Crippen LogP contribution is 2.24. The van der Waals surface area contributed by atoms with E-state index in [1.807, 2.05) is 55.5 Å². The Bertz CT molecular complexity index is 723. The van der Waals surface area contributed by atoms with Crippen LogP contribution in [0.3, 0.4) is 0 Å². The fourth-order valence-corrected chi connectivity index (χ4v) is 3.14. The van der Waals surface area contributed by atoms with Crippen molar-refractivity contribution in [3.63, 3.8) is 0 Å². The molecule has 0 spiro atoms. The van der Waals surface area contributed by atoms with Crippen molar-refractivity contribution < 1.29 is 14.3 Å². The Labute approximate surface area is 169 Å². The van der Waals surface area contributed by atoms with Gasteiger partial charge < -0.3 is 14.8 Å². The minimum Gasteiger partial charge on any atom is -0.497 e. The number of rotatable bonds is 10. The van der Waals surface area contributed by atoms with Gasteiger partial charge in [-0.15, -0.1) is 0 Å². The summed E-state index contributed by atoms with van der Waals surface area (Å²) in [7, 11) is 1.65. The number of methoxy groups -OCH3 is 1. The van der Waals surface area contributed by atoms with E-state index in [1.165, 1.54) is 5.56 Å². The van der Waals surface area contributed by atoms with Crippen LogP contribution in [-0.4, -0.2) is 19.1 Å². The third-order valence-electron chi connectivity index (χ3n) is 4.81. The molecule has 0 saturated carbocycles. The van der Waals surface area contributed by atoms with Crippen LogP contribution in [-0.2, 0) is 11.2 Å². The number of nitrogens with one attached hydrogen (secondary N) is 1. The molecule has 1 N–H and O–H groups in total. The van der Waals surface area contributed by atoms with Gasteiger partial charge in [0.1, 0.15) is 11.5 Å². The largest absolute Gasteiger partial charge is 0.497 e. The lowest BCUT2D eigenvalue weighted by molar-refractivity contribution is -0.129. The van der Waals surface area contributed by atoms with Gasteiger partial charge >= 0.3 is 0 Å². The number of amides is 1. The number of hydrogen-bond acceptors (Lipinski definition) is 3. The molecular formula is C24H33NO3. The molecule has 0 unspecified atom stereocenters. The van der Waals surface area contributed by atoms with Crippen molar-refractivity contribution in [2.75, 3.05) is 7.11 Å². The zero-order valence-electron chi connectivity index (χ0n) is 17.7. The first kappa shape index (κ1) is 21.8. The molecule has 2 atom stereocenters. The highest BCUT2D eigenvalue weighted by molar-refractivity contribution is 5.81. The third-order valence-corrected chi connectivity index (χ3v) is 4.81. The standard InChI is InChI=1S/C24H33NO3/c1-6-18-8-12-21(13-9-18)28-23(7-2)24(26)25-22(16-17(3)4)19-10-14-20(27-5)15-11-19/h8-15,17,22-23H,6-7,16H2,1-5H3,(H,25,26)/t22-,23-/m0/s1. The molecule has 4 nitrogen and oxygen atoms in total. The quantitative estimate of drug-likeness (QED) is 0.604. The lowest BCUT2D eigenvalue weighted by atomic mass is 9.96. The third kappa shape index (κ3) is 6.29. The molecule has 0 saturated heterocycles. The lowest BCUT2D eigenvalue weighted by Crippen LogP contribution is -2.40. The Morgan fingerprint density at radius 2 is 1.57 bits per heavy atom. The summed E-state index contributed by atoms with van der Waals surface area (Å²) in [5.41, 5.74) is 2.33. The van der Waals surface area contributed by atoms with Crippen molar-refractivity contribution >= 4 is 5.91 Å². The molecule has 0 fully saturated rings. The van der Waals surface area contributed by atoms with Gasteiger partial charge in [-0.2, -0.15) is 0 Å². The van der Waals surface area contributed by atoms with Gasteiger partial charge in [-0.05, 0) is 60.6 Å². The van der Waals surface area contributed by atoms with Crippen LogP contribution >= 0.6 is 0 Å². The first-order valence-electron chi connectivity index (χ1n) is 10.2. The smallest absolute Gasteiger partial charge is 0.261 e. The van der Waals surface area contributed by atoms with Crippen molar-refractivity contribution in [3.05, 3.63) is 59.7 Å². The predicted molar refractivity (Wildman–Crippen MR) is 114 cm³/mol. The van der Waals surface area contributed by atoms with Gasteiger partial charge in [0.15, 0.2) is 6.10 Å². The van der Waals surface area contributed by atoms with Crippen LogP contribution in [0.5, 0.6) is 11.5 Å². The summed E-state index contributed by atoms with van der Waals surface area (Å²) >= 11 is 0. The number of ether oxygens (including phenoxy) is 2. The summed E-state index contributed by atoms with van der Waals surface area (Å²) in [5, 5.41) is 3.19. The van der Waals surface area contributed by atoms with E-state index in [0.29, 0.717) is 12.3 Å². The van der Waals surface area contributed by atoms with Crippen LogP contribution in [0.15, 0.2) is 48.5 Å². The second kappa shape index (κ2) is 10.7. The van der Waals surface area contributed by atoms with Gasteiger partial charge in [-0.25, -0.2) is 0 Å². The number of benzene rings is 2. The van der Waals surface area contributed by atoms with Crippen molar-refractivity contribution in [3.8, 4) is 11.5 Å². The molecular weight excluding hydrogens is 350 g/mol. The molecule has 0 heterocycles. The first-order chi connectivity index (χ1) is 13.5. The molecule has 2 aromatic rings. The zero-order valence-corrected chi connectivity index (χ0v) is 17.7. The van der Waals surface area contributed by atoms with E-state index in [2.05, 4.69) is 26.1 Å². The number of hydrogen-bond donors (Lipinski definition) is 1. The summed E-state index contributed by atoms with van der Waals surface area (Å²) in [4.78, 5) is 12.9. The van der Waals surface area contributed by atoms with Gasteiger partial charge in [0.2, 0.25) is 0 Å². The molecule has 28 heavy (non-hydrogen) atoms. The Morgan fingerprint density at radius 1 is 0.964 bits per heavy atom. The molecule has 0 aliphatic carbocycles. The highest BCUT2D eigenvalue weighted by atomic mass is 16.5. The molecule has 1 amide bonds. The topological polar surface area (TPSA) is 47.6 Å². The molecule has 0 radical (unpaired) electrons. The molecule has 4 heteroatoms. The summed E-state index contributed by atoms with van der Waals surface area (Å²) in [5.74, 6) is 1.91. The minimum absolute atomic E-state index is 0.0569. The molecule has 0 aliphatic heterocycles. The lowest BCUT2D eigenvalue weighted by Gasteiger charge is -2.25. The van der Waals surface area contributed by atoms with Crippen LogP contribution in [0, 0.1) is 5.92 Å². The van der Waals surface area contributed by atoms with Crippen LogP contribution in [0.4, 0.5) is 0 Å². The normalized spacial score (nSPS) is 13.1. The Balaban J connectivity index is 2.10. The van der Waals surface area contributed by atoms with E-state index >= 15 is 0 Å². The summed E-state index contributed by atoms with van der Waals surface area (Å²) in [6.07, 6.45) is 1.94. The molecule has 0 aliphatic rings. The van der Waals surface area contributed by atoms with E-state index < -0.39 is 6.10 Å². The second-order valence-corrected chi connectivity index (χ2v) is 7.48. The van der Waals surface area contributed by atoms with Crippen LogP contribution in [0.1, 0.15) is 57.7 Å². The van der Waals surface area contributed by atoms with Crippen LogP contribution in [0.2, 0.25) is 0 Å². The Kier molecular flexibility index (Phi) is 8.37. The molecule has 152 valence electrons. The molecule has 0 aromatic heterocycles. The van der Waals surface area contributed by atoms with Gasteiger partial charge in [0, 0.05) is 0 Å². The fraction of sp³-hybridized carbons (Fsp3) is 0.458. The van der Waals surface area contributed by atoms with Gasteiger partial charge in [-0.3, -0.25) is 4.79 Å². The fourth-order valence-electron chi connectivity index (χ4n) is 3.14. The SMILES string of the molecule is CCc1ccc(O[C@@H](CC)C(=O)N[C@@H](CC(C)C)c2ccc(OC)cc2)cc1. The summed E-state index contributed by atoms with van der Waals surface area (Å²) in [6, 6.07) is 15.8. The zero-order chi connectivity index (χ0) is 20.5. The minimum atomic E-state index is -0.514. The number of carbonyl (C=O) groups is 1. The highest BCUT2D eigenvalue weighted by Gasteiger charge is 2.23. The molecule has 0 bridgehead atoms. The maximum Gasteiger partial charge on any atom is 0.261 e. The van der Waals surface area contributed by atoms with Crippen molar-refractivity contribution in [1.29, 1.82) is 0 Å². The second-order valence-electron chi connectivity index (χ2n) is 7.48. The molecule has 2 aromatic carbocycles. The van der Waals surface area contributed by atoms with E-state index in [1.54, 1.807) is 7.11 Å². The van der Waals surface area contributed by atoms with E-state index in [9.17, 15) is 4.79 Å². The van der Waals surface area contributed by atoms with Crippen molar-refractivity contribution in [1.82, 2.24) is 5.32 Å². The summed E-state index contributed by atoms with van der Waals surface area (Å²) < 4.78 is 11.2. The number of aryl methyl sites for hydroxylation is 1. The summed E-state index contributed by atoms with van der Waals surface area (Å²) in [6.45, 7) is 8.40. The van der Waals surface area contributed by atoms with E-state index in [4.69, 9.17) is 9.47 Å². The van der Waals surface area contributed by atoms with E-state index in [-0.39, 0.29) is 11.9 Å². The van der Waals surface area contributed by atoms with Gasteiger partial charge in [0.05, 0.1) is 13.2 Å². The maximum absolute atomic E-state index is 12.9. The average Bonchev–Trinajstić information content (AvgIpc) is 2.71. The monoisotopic (exact) mass is 383 g/mol. The van der Waals surface area contributed by atoms with Crippen molar-refractivity contribution in [2.45, 2.75) is 59.1 Å². The Hall–Kier alpha value is -2.49. The predicted octanol–water partition coefficient (Wildman–Crippen LogP) is 5.32. The first-order valence-corrected chi connectivity index (χ1v) is 10.2. The maximum atomic E-state index is 12.9. The van der Waals surface area contributed by atoms with Crippen LogP contribution < -0.4 is 14.8 Å². The number of carbonyl (C=O) groups excluding carboxylic acids is 1. The van der Waals surface area contributed by atoms with E-state index in [0.717, 1.165) is 29.9 Å². The van der Waals surface area contributed by atoms with Crippen LogP contribution in [0.25, 0.3) is 0 Å². The van der Waals surface area contributed by atoms with Gasteiger partial charge in [0.25, 0.3) is 5.91 Å².